The van der Waals surface area contributed by atoms with Crippen LogP contribution < -0.4 is 0 Å². The number of fused-ring (bicyclic) bond motifs is 5. The molecule has 5 rings (SSSR count). The summed E-state index contributed by atoms with van der Waals surface area (Å²) in [6.07, 6.45) is 14.2. The molecule has 25 heavy (non-hydrogen) atoms. The Kier molecular flexibility index (Phi) is 3.67. The van der Waals surface area contributed by atoms with Crippen molar-refractivity contribution in [2.45, 2.75) is 71.1 Å². The molecular formula is C23H31NO. The van der Waals surface area contributed by atoms with Crippen LogP contribution >= 0.6 is 0 Å². The summed E-state index contributed by atoms with van der Waals surface area (Å²) in [7, 11) is 0. The smallest absolute Gasteiger partial charge is 0.155 e. The Morgan fingerprint density at radius 1 is 1.16 bits per heavy atom. The molecule has 2 heteroatoms. The van der Waals surface area contributed by atoms with Crippen LogP contribution in [0.4, 0.5) is 0 Å². The van der Waals surface area contributed by atoms with Gasteiger partial charge in [-0.3, -0.25) is 4.79 Å². The van der Waals surface area contributed by atoms with Crippen molar-refractivity contribution in [2.24, 2.45) is 46.8 Å². The summed E-state index contributed by atoms with van der Waals surface area (Å²) in [5.74, 6) is 5.53. The number of hydrogen-bond donors (Lipinski definition) is 0. The fourth-order valence-corrected chi connectivity index (χ4v) is 7.99. The third kappa shape index (κ3) is 2.23. The summed E-state index contributed by atoms with van der Waals surface area (Å²) in [6, 6.07) is 2.72. The average Bonchev–Trinajstić information content (AvgIpc) is 3.40. The van der Waals surface area contributed by atoms with Gasteiger partial charge in [0, 0.05) is 6.42 Å². The van der Waals surface area contributed by atoms with Crippen molar-refractivity contribution in [2.75, 3.05) is 0 Å². The van der Waals surface area contributed by atoms with E-state index in [4.69, 9.17) is 0 Å². The minimum absolute atomic E-state index is 0.299. The van der Waals surface area contributed by atoms with E-state index in [1.807, 2.05) is 6.08 Å². The first-order valence-electron chi connectivity index (χ1n) is 10.8. The molecular weight excluding hydrogens is 306 g/mol. The predicted molar refractivity (Wildman–Crippen MR) is 97.4 cm³/mol. The van der Waals surface area contributed by atoms with Crippen molar-refractivity contribution in [1.29, 1.82) is 5.26 Å². The monoisotopic (exact) mass is 337 g/mol. The maximum absolute atomic E-state index is 12.0. The maximum atomic E-state index is 12.0. The van der Waals surface area contributed by atoms with Crippen LogP contribution in [0, 0.1) is 58.2 Å². The first-order chi connectivity index (χ1) is 12.2. The van der Waals surface area contributed by atoms with Gasteiger partial charge in [0.25, 0.3) is 0 Å². The van der Waals surface area contributed by atoms with Gasteiger partial charge in [-0.15, -0.1) is 0 Å². The van der Waals surface area contributed by atoms with Crippen LogP contribution in [0.25, 0.3) is 0 Å². The molecule has 0 aromatic rings. The SMILES string of the molecule is CC[C@]12CC[C@H]3[C@@H]([C@H](C4CC4)CC4=CC(=O)CC[C@@H]43)[C@@H]1CCC2C#N. The van der Waals surface area contributed by atoms with Crippen molar-refractivity contribution >= 4 is 5.78 Å². The van der Waals surface area contributed by atoms with E-state index < -0.39 is 0 Å². The molecule has 0 aromatic carbocycles. The third-order valence-electron chi connectivity index (χ3n) is 9.15. The molecule has 0 N–H and O–H groups in total. The van der Waals surface area contributed by atoms with Crippen LogP contribution in [-0.4, -0.2) is 5.78 Å². The first-order valence-corrected chi connectivity index (χ1v) is 10.8. The molecule has 5 aliphatic carbocycles. The Morgan fingerprint density at radius 2 is 2.00 bits per heavy atom. The molecule has 0 saturated heterocycles. The van der Waals surface area contributed by atoms with E-state index >= 15 is 0 Å². The molecule has 1 unspecified atom stereocenters. The molecule has 4 fully saturated rings. The van der Waals surface area contributed by atoms with E-state index in [0.717, 1.165) is 48.9 Å². The van der Waals surface area contributed by atoms with Gasteiger partial charge in [0.1, 0.15) is 0 Å². The van der Waals surface area contributed by atoms with Crippen LogP contribution in [0.3, 0.4) is 0 Å². The van der Waals surface area contributed by atoms with E-state index in [-0.39, 0.29) is 0 Å². The lowest BCUT2D eigenvalue weighted by atomic mass is 9.47. The highest BCUT2D eigenvalue weighted by atomic mass is 16.1. The molecule has 5 aliphatic rings. The van der Waals surface area contributed by atoms with Gasteiger partial charge in [-0.25, -0.2) is 0 Å². The second-order valence-corrected chi connectivity index (χ2v) is 9.77. The molecule has 0 heterocycles. The fraction of sp³-hybridized carbons (Fsp3) is 0.826. The number of carbonyl (C=O) groups is 1. The summed E-state index contributed by atoms with van der Waals surface area (Å²) in [4.78, 5) is 12.0. The van der Waals surface area contributed by atoms with Crippen LogP contribution in [0.2, 0.25) is 0 Å². The molecule has 7 atom stereocenters. The van der Waals surface area contributed by atoms with E-state index in [1.165, 1.54) is 50.5 Å². The second-order valence-electron chi connectivity index (χ2n) is 9.77. The highest BCUT2D eigenvalue weighted by molar-refractivity contribution is 5.91. The van der Waals surface area contributed by atoms with Crippen molar-refractivity contribution in [3.05, 3.63) is 11.6 Å². The van der Waals surface area contributed by atoms with E-state index in [1.54, 1.807) is 0 Å². The van der Waals surface area contributed by atoms with E-state index in [0.29, 0.717) is 23.0 Å². The zero-order valence-corrected chi connectivity index (χ0v) is 15.5. The Morgan fingerprint density at radius 3 is 2.72 bits per heavy atom. The normalized spacial score (nSPS) is 48.8. The van der Waals surface area contributed by atoms with Crippen LogP contribution in [-0.2, 0) is 4.79 Å². The Bertz CT molecular complexity index is 653. The summed E-state index contributed by atoms with van der Waals surface area (Å²) in [5.41, 5.74) is 1.84. The predicted octanol–water partition coefficient (Wildman–Crippen LogP) is 5.29. The van der Waals surface area contributed by atoms with E-state index in [9.17, 15) is 10.1 Å². The standard InChI is InChI=1S/C23H31NO/c1-2-23-10-9-19-18-7-6-17(25)11-15(18)12-20(14-3-4-14)22(19)21(23)8-5-16(23)13-24/h11,14,16,18-22H,2-10,12H2,1H3/t16?,18-,19+,20-,21-,22-,23+/m0/s1. The molecule has 0 spiro atoms. The van der Waals surface area contributed by atoms with Gasteiger partial charge < -0.3 is 0 Å². The molecule has 0 bridgehead atoms. The third-order valence-corrected chi connectivity index (χ3v) is 9.15. The lowest BCUT2D eigenvalue weighted by Crippen LogP contribution is -2.51. The van der Waals surface area contributed by atoms with E-state index in [2.05, 4.69) is 13.0 Å². The summed E-state index contributed by atoms with van der Waals surface area (Å²) in [6.45, 7) is 2.35. The van der Waals surface area contributed by atoms with Crippen molar-refractivity contribution in [3.8, 4) is 6.07 Å². The first kappa shape index (κ1) is 16.1. The van der Waals surface area contributed by atoms with Gasteiger partial charge >= 0.3 is 0 Å². The Labute approximate surface area is 152 Å². The van der Waals surface area contributed by atoms with Crippen LogP contribution in [0.1, 0.15) is 71.1 Å². The minimum Gasteiger partial charge on any atom is -0.295 e. The van der Waals surface area contributed by atoms with Gasteiger partial charge in [0.2, 0.25) is 0 Å². The molecule has 2 nitrogen and oxygen atoms in total. The number of allylic oxidation sites excluding steroid dienone is 1. The number of carbonyl (C=O) groups excluding carboxylic acids is 1. The highest BCUT2D eigenvalue weighted by Crippen LogP contribution is 2.68. The Balaban J connectivity index is 1.54. The summed E-state index contributed by atoms with van der Waals surface area (Å²) in [5, 5.41) is 9.80. The lowest BCUT2D eigenvalue weighted by Gasteiger charge is -2.57. The van der Waals surface area contributed by atoms with Crippen LogP contribution in [0.5, 0.6) is 0 Å². The van der Waals surface area contributed by atoms with Crippen molar-refractivity contribution in [3.63, 3.8) is 0 Å². The lowest BCUT2D eigenvalue weighted by molar-refractivity contribution is -0.116. The number of nitrogens with zero attached hydrogens (tertiary/aromatic N) is 1. The fourth-order valence-electron chi connectivity index (χ4n) is 7.99. The van der Waals surface area contributed by atoms with Gasteiger partial charge in [-0.05, 0) is 105 Å². The molecule has 4 saturated carbocycles. The van der Waals surface area contributed by atoms with Crippen molar-refractivity contribution < 1.29 is 4.79 Å². The van der Waals surface area contributed by atoms with Crippen LogP contribution in [0.15, 0.2) is 11.6 Å². The molecule has 0 amide bonds. The molecule has 0 aliphatic heterocycles. The maximum Gasteiger partial charge on any atom is 0.155 e. The quantitative estimate of drug-likeness (QED) is 0.686. The number of ketones is 1. The number of nitriles is 1. The largest absolute Gasteiger partial charge is 0.295 e. The molecule has 134 valence electrons. The summed E-state index contributed by atoms with van der Waals surface area (Å²) < 4.78 is 0. The summed E-state index contributed by atoms with van der Waals surface area (Å²) >= 11 is 0. The number of rotatable bonds is 2. The van der Waals surface area contributed by atoms with Gasteiger partial charge in [-0.2, -0.15) is 5.26 Å². The van der Waals surface area contributed by atoms with Gasteiger partial charge in [0.15, 0.2) is 5.78 Å². The topological polar surface area (TPSA) is 40.9 Å². The highest BCUT2D eigenvalue weighted by Gasteiger charge is 2.61. The minimum atomic E-state index is 0.299. The second kappa shape index (κ2) is 5.70. The van der Waals surface area contributed by atoms with Gasteiger partial charge in [-0.1, -0.05) is 12.5 Å². The Hall–Kier alpha value is -1.10. The molecule has 0 aromatic heterocycles. The molecule has 0 radical (unpaired) electrons. The van der Waals surface area contributed by atoms with Crippen molar-refractivity contribution in [1.82, 2.24) is 0 Å². The van der Waals surface area contributed by atoms with Gasteiger partial charge in [0.05, 0.1) is 12.0 Å². The average molecular weight is 338 g/mol. The zero-order chi connectivity index (χ0) is 17.2. The zero-order valence-electron chi connectivity index (χ0n) is 15.5. The number of hydrogen-bond acceptors (Lipinski definition) is 2.